The van der Waals surface area contributed by atoms with Gasteiger partial charge in [-0.15, -0.1) is 11.3 Å². The van der Waals surface area contributed by atoms with Crippen LogP contribution in [-0.4, -0.2) is 27.0 Å². The van der Waals surface area contributed by atoms with Crippen LogP contribution in [0.4, 0.5) is 11.5 Å². The number of nitrogens with zero attached hydrogens (tertiary/aromatic N) is 3. The average Bonchev–Trinajstić information content (AvgIpc) is 3.41. The smallest absolute Gasteiger partial charge is 0.330 e. The number of nitrogens with one attached hydrogen (secondary N) is 1. The molecular formula is C21H27N5O4S. The monoisotopic (exact) mass is 445 g/mol. The third-order valence-corrected chi connectivity index (χ3v) is 5.71. The summed E-state index contributed by atoms with van der Waals surface area (Å²) in [5.41, 5.74) is 5.15. The minimum atomic E-state index is -0.686. The van der Waals surface area contributed by atoms with Crippen LogP contribution in [0.15, 0.2) is 37.8 Å². The summed E-state index contributed by atoms with van der Waals surface area (Å²) in [5.74, 6) is 0.382. The molecule has 0 unspecified atom stereocenters. The third-order valence-electron chi connectivity index (χ3n) is 4.85. The molecule has 0 aromatic carbocycles. The highest BCUT2D eigenvalue weighted by Crippen LogP contribution is 2.26. The van der Waals surface area contributed by atoms with Gasteiger partial charge in [0.25, 0.3) is 11.5 Å². The van der Waals surface area contributed by atoms with E-state index in [1.807, 2.05) is 20.8 Å². The van der Waals surface area contributed by atoms with Crippen molar-refractivity contribution in [1.29, 1.82) is 0 Å². The Kier molecular flexibility index (Phi) is 7.11. The minimum Gasteiger partial charge on any atom is -0.462 e. The van der Waals surface area contributed by atoms with Gasteiger partial charge in [0, 0.05) is 18.5 Å². The number of anilines is 2. The predicted molar refractivity (Wildman–Crippen MR) is 122 cm³/mol. The Morgan fingerprint density at radius 2 is 2.16 bits per heavy atom. The summed E-state index contributed by atoms with van der Waals surface area (Å²) in [7, 11) is 0. The number of amides is 1. The molecule has 0 aliphatic heterocycles. The van der Waals surface area contributed by atoms with Gasteiger partial charge in [-0.25, -0.2) is 9.78 Å². The molecule has 3 heterocycles. The molecule has 9 nitrogen and oxygen atoms in total. The molecule has 3 N–H and O–H groups in total. The van der Waals surface area contributed by atoms with E-state index in [2.05, 4.69) is 9.97 Å². The zero-order valence-corrected chi connectivity index (χ0v) is 18.7. The number of unbranched alkanes of at least 4 members (excludes halogenated alkanes) is 1. The van der Waals surface area contributed by atoms with Crippen LogP contribution in [0.25, 0.3) is 10.8 Å². The third kappa shape index (κ3) is 4.96. The lowest BCUT2D eigenvalue weighted by Crippen LogP contribution is -2.42. The maximum Gasteiger partial charge on any atom is 0.330 e. The summed E-state index contributed by atoms with van der Waals surface area (Å²) < 4.78 is 6.66. The largest absolute Gasteiger partial charge is 0.462 e. The van der Waals surface area contributed by atoms with Crippen LogP contribution in [0, 0.1) is 5.92 Å². The van der Waals surface area contributed by atoms with Crippen molar-refractivity contribution in [2.45, 2.75) is 46.6 Å². The molecule has 0 aliphatic rings. The standard InChI is InChI=1S/C21H27N5O4S/c1-4-5-9-26-17(22)16(18(27)24-21(26)29)25(10-8-13(2)3)20(28)14-12-31-19(23-14)15-7-6-11-30-15/h6-7,11-13H,4-5,8-10,22H2,1-3H3,(H,24,27,29). The van der Waals surface area contributed by atoms with Crippen molar-refractivity contribution in [3.63, 3.8) is 0 Å². The number of thiazole rings is 1. The van der Waals surface area contributed by atoms with Gasteiger partial charge >= 0.3 is 5.69 Å². The summed E-state index contributed by atoms with van der Waals surface area (Å²) in [6.07, 6.45) is 3.75. The number of nitrogen functional groups attached to an aromatic ring is 1. The minimum absolute atomic E-state index is 0.0132. The fourth-order valence-electron chi connectivity index (χ4n) is 3.10. The Labute approximate surface area is 183 Å². The lowest BCUT2D eigenvalue weighted by molar-refractivity contribution is 0.0981. The molecule has 0 fully saturated rings. The first-order valence-corrected chi connectivity index (χ1v) is 11.1. The highest BCUT2D eigenvalue weighted by molar-refractivity contribution is 7.13. The lowest BCUT2D eigenvalue weighted by Gasteiger charge is -2.24. The van der Waals surface area contributed by atoms with Gasteiger partial charge < -0.3 is 10.2 Å². The van der Waals surface area contributed by atoms with E-state index in [1.165, 1.54) is 27.1 Å². The number of hydrogen-bond donors (Lipinski definition) is 2. The molecule has 3 aromatic heterocycles. The quantitative estimate of drug-likeness (QED) is 0.520. The molecule has 166 valence electrons. The summed E-state index contributed by atoms with van der Waals surface area (Å²) in [6, 6.07) is 3.50. The summed E-state index contributed by atoms with van der Waals surface area (Å²) in [4.78, 5) is 46.4. The van der Waals surface area contributed by atoms with Crippen LogP contribution in [0.3, 0.4) is 0 Å². The van der Waals surface area contributed by atoms with Crippen LogP contribution in [0.1, 0.15) is 50.5 Å². The van der Waals surface area contributed by atoms with Crippen molar-refractivity contribution in [3.8, 4) is 10.8 Å². The number of carbonyl (C=O) groups is 1. The maximum absolute atomic E-state index is 13.4. The Balaban J connectivity index is 2.04. The number of furan rings is 1. The fourth-order valence-corrected chi connectivity index (χ4v) is 3.86. The second-order valence-corrected chi connectivity index (χ2v) is 8.51. The zero-order chi connectivity index (χ0) is 22.5. The number of rotatable bonds is 9. The lowest BCUT2D eigenvalue weighted by atomic mass is 10.1. The van der Waals surface area contributed by atoms with Gasteiger partial charge in [0.2, 0.25) is 0 Å². The van der Waals surface area contributed by atoms with Crippen LogP contribution < -0.4 is 21.9 Å². The van der Waals surface area contributed by atoms with Crippen LogP contribution in [-0.2, 0) is 6.54 Å². The van der Waals surface area contributed by atoms with Crippen molar-refractivity contribution in [1.82, 2.24) is 14.5 Å². The normalized spacial score (nSPS) is 11.2. The number of nitrogens with two attached hydrogens (primary N) is 1. The topological polar surface area (TPSA) is 127 Å². The fraction of sp³-hybridized carbons (Fsp3) is 0.429. The summed E-state index contributed by atoms with van der Waals surface area (Å²) in [6.45, 7) is 6.66. The maximum atomic E-state index is 13.4. The SMILES string of the molecule is CCCCn1c(N)c(N(CCC(C)C)C(=O)c2csc(-c3ccco3)n2)c(=O)[nH]c1=O. The molecule has 3 aromatic rings. The van der Waals surface area contributed by atoms with Gasteiger partial charge in [-0.1, -0.05) is 27.2 Å². The number of aromatic nitrogens is 3. The molecular weight excluding hydrogens is 418 g/mol. The number of H-pyrrole nitrogens is 1. The van der Waals surface area contributed by atoms with Crippen molar-refractivity contribution in [3.05, 3.63) is 50.3 Å². The molecule has 0 atom stereocenters. The van der Waals surface area contributed by atoms with E-state index >= 15 is 0 Å². The second kappa shape index (κ2) is 9.78. The molecule has 0 aliphatic carbocycles. The first-order valence-electron chi connectivity index (χ1n) is 10.3. The molecule has 31 heavy (non-hydrogen) atoms. The molecule has 10 heteroatoms. The zero-order valence-electron chi connectivity index (χ0n) is 17.9. The molecule has 0 saturated heterocycles. The Morgan fingerprint density at radius 1 is 1.39 bits per heavy atom. The van der Waals surface area contributed by atoms with Crippen molar-refractivity contribution >= 4 is 28.7 Å². The van der Waals surface area contributed by atoms with Crippen molar-refractivity contribution in [2.75, 3.05) is 17.2 Å². The van der Waals surface area contributed by atoms with Gasteiger partial charge in [0.05, 0.1) is 6.26 Å². The number of aromatic amines is 1. The van der Waals surface area contributed by atoms with E-state index in [4.69, 9.17) is 10.2 Å². The number of carbonyl (C=O) groups excluding carboxylic acids is 1. The van der Waals surface area contributed by atoms with Gasteiger partial charge in [-0.2, -0.15) is 0 Å². The van der Waals surface area contributed by atoms with E-state index in [9.17, 15) is 14.4 Å². The molecule has 0 spiro atoms. The van der Waals surface area contributed by atoms with Crippen molar-refractivity contribution in [2.24, 2.45) is 5.92 Å². The van der Waals surface area contributed by atoms with Crippen LogP contribution in [0.2, 0.25) is 0 Å². The first kappa shape index (κ1) is 22.5. The summed E-state index contributed by atoms with van der Waals surface area (Å²) in [5, 5.41) is 2.19. The van der Waals surface area contributed by atoms with E-state index < -0.39 is 17.2 Å². The van der Waals surface area contributed by atoms with Crippen LogP contribution in [0.5, 0.6) is 0 Å². The van der Waals surface area contributed by atoms with Gasteiger partial charge in [-0.05, 0) is 30.9 Å². The average molecular weight is 446 g/mol. The van der Waals surface area contributed by atoms with E-state index in [1.54, 1.807) is 17.5 Å². The molecule has 0 radical (unpaired) electrons. The second-order valence-electron chi connectivity index (χ2n) is 7.65. The molecule has 0 saturated carbocycles. The first-order chi connectivity index (χ1) is 14.8. The highest BCUT2D eigenvalue weighted by atomic mass is 32.1. The highest BCUT2D eigenvalue weighted by Gasteiger charge is 2.27. The molecule has 3 rings (SSSR count). The van der Waals surface area contributed by atoms with Gasteiger partial charge in [-0.3, -0.25) is 24.0 Å². The number of hydrogen-bond acceptors (Lipinski definition) is 7. The van der Waals surface area contributed by atoms with Crippen molar-refractivity contribution < 1.29 is 9.21 Å². The van der Waals surface area contributed by atoms with Gasteiger partial charge in [0.15, 0.2) is 16.5 Å². The summed E-state index contributed by atoms with van der Waals surface area (Å²) >= 11 is 1.27. The molecule has 1 amide bonds. The molecule has 0 bridgehead atoms. The predicted octanol–water partition coefficient (Wildman–Crippen LogP) is 3.33. The Morgan fingerprint density at radius 3 is 2.81 bits per heavy atom. The van der Waals surface area contributed by atoms with E-state index in [0.717, 1.165) is 6.42 Å². The van der Waals surface area contributed by atoms with E-state index in [-0.39, 0.29) is 29.7 Å². The van der Waals surface area contributed by atoms with Gasteiger partial charge in [0.1, 0.15) is 11.5 Å². The van der Waals surface area contributed by atoms with E-state index in [0.29, 0.717) is 30.2 Å². The Hall–Kier alpha value is -3.14. The Bertz CT molecular complexity index is 1140. The van der Waals surface area contributed by atoms with Crippen LogP contribution >= 0.6 is 11.3 Å².